The Hall–Kier alpha value is -2.37. The number of hydrogen-bond acceptors (Lipinski definition) is 4. The monoisotopic (exact) mass is 382 g/mol. The highest BCUT2D eigenvalue weighted by atomic mass is 16.5. The molecule has 1 aliphatic heterocycles. The maximum Gasteiger partial charge on any atom is 0.228 e. The van der Waals surface area contributed by atoms with Crippen LogP contribution in [0.3, 0.4) is 0 Å². The molecule has 1 aliphatic rings. The van der Waals surface area contributed by atoms with Gasteiger partial charge in [0, 0.05) is 18.8 Å². The van der Waals surface area contributed by atoms with Crippen molar-refractivity contribution in [3.8, 4) is 5.75 Å². The number of rotatable bonds is 7. The molecule has 2 unspecified atom stereocenters. The zero-order valence-corrected chi connectivity index (χ0v) is 16.7. The van der Waals surface area contributed by atoms with Crippen LogP contribution >= 0.6 is 0 Å². The number of carbonyl (C=O) groups is 1. The van der Waals surface area contributed by atoms with Crippen molar-refractivity contribution in [1.82, 2.24) is 4.90 Å². The smallest absolute Gasteiger partial charge is 0.228 e. The lowest BCUT2D eigenvalue weighted by atomic mass is 9.96. The molecule has 5 heteroatoms. The molecular formula is C23H30N2O3. The van der Waals surface area contributed by atoms with Gasteiger partial charge < -0.3 is 15.2 Å². The van der Waals surface area contributed by atoms with Crippen LogP contribution in [0.25, 0.3) is 0 Å². The lowest BCUT2D eigenvalue weighted by Gasteiger charge is -2.33. The fraction of sp³-hybridized carbons (Fsp3) is 0.435. The van der Waals surface area contributed by atoms with Gasteiger partial charge in [-0.2, -0.15) is 0 Å². The van der Waals surface area contributed by atoms with Crippen molar-refractivity contribution >= 4 is 11.6 Å². The first-order valence-electron chi connectivity index (χ1n) is 9.97. The summed E-state index contributed by atoms with van der Waals surface area (Å²) in [5.41, 5.74) is 3.12. The normalized spacial score (nSPS) is 18.5. The predicted octanol–water partition coefficient (Wildman–Crippen LogP) is 3.39. The molecular weight excluding hydrogens is 352 g/mol. The third-order valence-corrected chi connectivity index (χ3v) is 5.02. The molecule has 0 aliphatic carbocycles. The average Bonchev–Trinajstić information content (AvgIpc) is 2.67. The topological polar surface area (TPSA) is 61.8 Å². The molecule has 0 aromatic heterocycles. The minimum absolute atomic E-state index is 0.0527. The molecule has 2 aromatic carbocycles. The first-order valence-corrected chi connectivity index (χ1v) is 9.97. The van der Waals surface area contributed by atoms with Gasteiger partial charge in [0.25, 0.3) is 0 Å². The Kier molecular flexibility index (Phi) is 7.06. The molecule has 0 radical (unpaired) electrons. The Bertz CT molecular complexity index is 758. The number of amides is 1. The summed E-state index contributed by atoms with van der Waals surface area (Å²) in [5, 5.41) is 13.4. The maximum atomic E-state index is 12.5. The van der Waals surface area contributed by atoms with Gasteiger partial charge in [-0.3, -0.25) is 9.69 Å². The van der Waals surface area contributed by atoms with Crippen LogP contribution in [0.2, 0.25) is 0 Å². The molecule has 28 heavy (non-hydrogen) atoms. The first kappa shape index (κ1) is 20.4. The number of ether oxygens (including phenoxy) is 1. The van der Waals surface area contributed by atoms with Gasteiger partial charge in [0.1, 0.15) is 18.5 Å². The van der Waals surface area contributed by atoms with Gasteiger partial charge in [-0.05, 0) is 68.6 Å². The largest absolute Gasteiger partial charge is 0.491 e. The molecule has 0 bridgehead atoms. The summed E-state index contributed by atoms with van der Waals surface area (Å²) < 4.78 is 5.77. The summed E-state index contributed by atoms with van der Waals surface area (Å²) in [7, 11) is 0. The summed E-state index contributed by atoms with van der Waals surface area (Å²) >= 11 is 0. The highest BCUT2D eigenvalue weighted by Crippen LogP contribution is 2.20. The zero-order chi connectivity index (χ0) is 19.9. The quantitative estimate of drug-likeness (QED) is 0.771. The molecule has 2 aromatic rings. The molecule has 5 nitrogen and oxygen atoms in total. The van der Waals surface area contributed by atoms with Crippen LogP contribution in [0.1, 0.15) is 24.0 Å². The Morgan fingerprint density at radius 2 is 1.93 bits per heavy atom. The van der Waals surface area contributed by atoms with E-state index in [1.165, 1.54) is 0 Å². The van der Waals surface area contributed by atoms with Crippen molar-refractivity contribution in [2.24, 2.45) is 5.92 Å². The molecule has 2 atom stereocenters. The van der Waals surface area contributed by atoms with Gasteiger partial charge in [0.2, 0.25) is 5.91 Å². The minimum Gasteiger partial charge on any atom is -0.491 e. The molecule has 0 spiro atoms. The number of hydrogen-bond donors (Lipinski definition) is 2. The van der Waals surface area contributed by atoms with E-state index in [4.69, 9.17) is 4.74 Å². The number of piperidine rings is 1. The van der Waals surface area contributed by atoms with Crippen LogP contribution in [0.15, 0.2) is 48.5 Å². The van der Waals surface area contributed by atoms with Crippen molar-refractivity contribution in [1.29, 1.82) is 0 Å². The molecule has 3 rings (SSSR count). The number of β-amino-alcohol motifs (C(OH)–C–C–N with tert-alkyl or cyclic N) is 1. The third-order valence-electron chi connectivity index (χ3n) is 5.02. The van der Waals surface area contributed by atoms with E-state index in [0.29, 0.717) is 13.1 Å². The van der Waals surface area contributed by atoms with Gasteiger partial charge in [-0.15, -0.1) is 0 Å². The fourth-order valence-electron chi connectivity index (χ4n) is 3.76. The first-order chi connectivity index (χ1) is 13.5. The summed E-state index contributed by atoms with van der Waals surface area (Å²) in [6.07, 6.45) is 1.25. The van der Waals surface area contributed by atoms with Crippen LogP contribution in [0, 0.1) is 19.8 Å². The van der Waals surface area contributed by atoms with E-state index < -0.39 is 6.10 Å². The van der Waals surface area contributed by atoms with E-state index in [2.05, 4.69) is 16.3 Å². The summed E-state index contributed by atoms with van der Waals surface area (Å²) in [6.45, 7) is 6.39. The van der Waals surface area contributed by atoms with Crippen LogP contribution < -0.4 is 10.1 Å². The van der Waals surface area contributed by atoms with Crippen LogP contribution in [-0.4, -0.2) is 48.3 Å². The van der Waals surface area contributed by atoms with Crippen molar-refractivity contribution in [2.75, 3.05) is 31.6 Å². The van der Waals surface area contributed by atoms with E-state index in [0.717, 1.165) is 42.0 Å². The second kappa shape index (κ2) is 9.71. The maximum absolute atomic E-state index is 12.5. The van der Waals surface area contributed by atoms with Crippen LogP contribution in [0.5, 0.6) is 5.75 Å². The van der Waals surface area contributed by atoms with E-state index in [9.17, 15) is 9.90 Å². The van der Waals surface area contributed by atoms with Crippen LogP contribution in [0.4, 0.5) is 5.69 Å². The number of aliphatic hydroxyl groups is 1. The fourth-order valence-corrected chi connectivity index (χ4v) is 3.76. The van der Waals surface area contributed by atoms with E-state index in [1.807, 2.05) is 56.3 Å². The molecule has 2 N–H and O–H groups in total. The molecule has 1 heterocycles. The summed E-state index contributed by atoms with van der Waals surface area (Å²) in [5.74, 6) is 0.786. The molecule has 150 valence electrons. The Balaban J connectivity index is 1.46. The van der Waals surface area contributed by atoms with E-state index in [-0.39, 0.29) is 18.4 Å². The van der Waals surface area contributed by atoms with Crippen LogP contribution in [-0.2, 0) is 4.79 Å². The molecule has 1 fully saturated rings. The molecule has 1 amide bonds. The summed E-state index contributed by atoms with van der Waals surface area (Å²) in [6, 6.07) is 15.6. The molecule has 0 saturated carbocycles. The van der Waals surface area contributed by atoms with Crippen molar-refractivity contribution in [3.63, 3.8) is 0 Å². The van der Waals surface area contributed by atoms with Gasteiger partial charge in [0.15, 0.2) is 0 Å². The van der Waals surface area contributed by atoms with Gasteiger partial charge in [-0.25, -0.2) is 0 Å². The number of nitrogens with one attached hydrogen (secondary N) is 1. The number of para-hydroxylation sites is 1. The van der Waals surface area contributed by atoms with Gasteiger partial charge >= 0.3 is 0 Å². The highest BCUT2D eigenvalue weighted by molar-refractivity contribution is 5.92. The Labute approximate surface area is 167 Å². The number of nitrogens with zero attached hydrogens (tertiary/aromatic N) is 1. The lowest BCUT2D eigenvalue weighted by Crippen LogP contribution is -2.44. The Morgan fingerprint density at radius 3 is 2.64 bits per heavy atom. The predicted molar refractivity (Wildman–Crippen MR) is 112 cm³/mol. The zero-order valence-electron chi connectivity index (χ0n) is 16.7. The van der Waals surface area contributed by atoms with Gasteiger partial charge in [-0.1, -0.05) is 24.3 Å². The highest BCUT2D eigenvalue weighted by Gasteiger charge is 2.27. The number of aryl methyl sites for hydroxylation is 2. The number of benzene rings is 2. The Morgan fingerprint density at radius 1 is 1.21 bits per heavy atom. The second-order valence-electron chi connectivity index (χ2n) is 7.74. The molecule has 1 saturated heterocycles. The standard InChI is InChI=1S/C23H30N2O3/c1-17-11-18(2)13-22(12-17)28-16-21(26)15-25-10-6-7-19(14-25)23(27)24-20-8-4-3-5-9-20/h3-5,8-9,11-13,19,21,26H,6-7,10,14-16H2,1-2H3,(H,24,27). The van der Waals surface area contributed by atoms with Gasteiger partial charge in [0.05, 0.1) is 5.92 Å². The van der Waals surface area contributed by atoms with Crippen molar-refractivity contribution in [2.45, 2.75) is 32.8 Å². The number of anilines is 1. The number of likely N-dealkylation sites (tertiary alicyclic amines) is 1. The van der Waals surface area contributed by atoms with Crippen molar-refractivity contribution < 1.29 is 14.6 Å². The van der Waals surface area contributed by atoms with E-state index in [1.54, 1.807) is 0 Å². The van der Waals surface area contributed by atoms with Crippen molar-refractivity contribution in [3.05, 3.63) is 59.7 Å². The minimum atomic E-state index is -0.586. The summed E-state index contributed by atoms with van der Waals surface area (Å²) in [4.78, 5) is 14.7. The average molecular weight is 383 g/mol. The number of carbonyl (C=O) groups excluding carboxylic acids is 1. The third kappa shape index (κ3) is 6.08. The second-order valence-corrected chi connectivity index (χ2v) is 7.74. The number of aliphatic hydroxyl groups excluding tert-OH is 1. The lowest BCUT2D eigenvalue weighted by molar-refractivity contribution is -0.121. The SMILES string of the molecule is Cc1cc(C)cc(OCC(O)CN2CCCC(C(=O)Nc3ccccc3)C2)c1. The van der Waals surface area contributed by atoms with E-state index >= 15 is 0 Å².